The first-order valence-corrected chi connectivity index (χ1v) is 8.46. The standard InChI is InChI=1S/C13H16ClNO4S/c1-3-19-12(16)13(15)10(11(13)20(2,17)18)8-5-4-6-9(14)7-8/h4-7,10-11H,3,15H2,1-2H3/t10-,11-,13+/m1/s1. The lowest BCUT2D eigenvalue weighted by atomic mass is 10.1. The van der Waals surface area contributed by atoms with E-state index in [-0.39, 0.29) is 6.61 Å². The van der Waals surface area contributed by atoms with Gasteiger partial charge in [0.2, 0.25) is 0 Å². The normalized spacial score (nSPS) is 29.0. The van der Waals surface area contributed by atoms with E-state index in [1.54, 1.807) is 31.2 Å². The Balaban J connectivity index is 2.44. The maximum Gasteiger partial charge on any atom is 0.328 e. The molecule has 3 atom stereocenters. The number of rotatable bonds is 4. The number of esters is 1. The van der Waals surface area contributed by atoms with Crippen LogP contribution in [0.1, 0.15) is 18.4 Å². The Labute approximate surface area is 123 Å². The minimum absolute atomic E-state index is 0.149. The molecule has 0 bridgehead atoms. The summed E-state index contributed by atoms with van der Waals surface area (Å²) in [4.78, 5) is 12.0. The second-order valence-electron chi connectivity index (χ2n) is 4.94. The molecule has 2 N–H and O–H groups in total. The summed E-state index contributed by atoms with van der Waals surface area (Å²) in [6.45, 7) is 1.80. The predicted octanol–water partition coefficient (Wildman–Crippen LogP) is 1.11. The van der Waals surface area contributed by atoms with E-state index in [4.69, 9.17) is 22.1 Å². The van der Waals surface area contributed by atoms with Gasteiger partial charge in [-0.3, -0.25) is 0 Å². The molecule has 0 spiro atoms. The van der Waals surface area contributed by atoms with Crippen LogP contribution in [0.2, 0.25) is 5.02 Å². The van der Waals surface area contributed by atoms with Crippen LogP contribution in [-0.4, -0.2) is 38.0 Å². The first-order valence-electron chi connectivity index (χ1n) is 6.13. The monoisotopic (exact) mass is 317 g/mol. The summed E-state index contributed by atoms with van der Waals surface area (Å²) in [6.07, 6.45) is 1.07. The van der Waals surface area contributed by atoms with Gasteiger partial charge in [0.1, 0.15) is 5.54 Å². The van der Waals surface area contributed by atoms with E-state index in [9.17, 15) is 13.2 Å². The Hall–Kier alpha value is -1.11. The van der Waals surface area contributed by atoms with Crippen LogP contribution in [0.15, 0.2) is 24.3 Å². The Kier molecular flexibility index (Phi) is 3.83. The predicted molar refractivity (Wildman–Crippen MR) is 76.4 cm³/mol. The van der Waals surface area contributed by atoms with Gasteiger partial charge in [0.15, 0.2) is 9.84 Å². The fourth-order valence-electron chi connectivity index (χ4n) is 2.63. The lowest BCUT2D eigenvalue weighted by molar-refractivity contribution is -0.145. The largest absolute Gasteiger partial charge is 0.465 e. The molecule has 110 valence electrons. The average Bonchev–Trinajstić information content (AvgIpc) is 2.98. The fourth-order valence-corrected chi connectivity index (χ4v) is 4.57. The number of hydrogen-bond donors (Lipinski definition) is 1. The number of nitrogens with two attached hydrogens (primary N) is 1. The van der Waals surface area contributed by atoms with E-state index in [1.165, 1.54) is 0 Å². The zero-order valence-electron chi connectivity index (χ0n) is 11.2. The molecule has 2 rings (SSSR count). The molecule has 20 heavy (non-hydrogen) atoms. The molecule has 1 aliphatic rings. The molecule has 0 saturated heterocycles. The first kappa shape index (κ1) is 15.3. The molecule has 0 radical (unpaired) electrons. The molecule has 0 amide bonds. The summed E-state index contributed by atoms with van der Waals surface area (Å²) in [5.74, 6) is -1.32. The molecule has 1 aliphatic carbocycles. The van der Waals surface area contributed by atoms with Gasteiger partial charge in [0.05, 0.1) is 11.9 Å². The molecule has 7 heteroatoms. The van der Waals surface area contributed by atoms with Crippen LogP contribution in [0.4, 0.5) is 0 Å². The third-order valence-electron chi connectivity index (χ3n) is 3.48. The lowest BCUT2D eigenvalue weighted by Crippen LogP contribution is -2.41. The summed E-state index contributed by atoms with van der Waals surface area (Å²) in [7, 11) is -3.48. The Morgan fingerprint density at radius 1 is 1.50 bits per heavy atom. The summed E-state index contributed by atoms with van der Waals surface area (Å²) < 4.78 is 28.6. The molecule has 0 heterocycles. The summed E-state index contributed by atoms with van der Waals surface area (Å²) >= 11 is 5.91. The van der Waals surface area contributed by atoms with Gasteiger partial charge in [-0.25, -0.2) is 13.2 Å². The van der Waals surface area contributed by atoms with Crippen LogP contribution in [0.3, 0.4) is 0 Å². The van der Waals surface area contributed by atoms with E-state index in [2.05, 4.69) is 0 Å². The third kappa shape index (κ3) is 2.43. The van der Waals surface area contributed by atoms with Crippen LogP contribution in [0.25, 0.3) is 0 Å². The van der Waals surface area contributed by atoms with Crippen molar-refractivity contribution in [3.8, 4) is 0 Å². The van der Waals surface area contributed by atoms with Crippen molar-refractivity contribution in [2.24, 2.45) is 5.73 Å². The summed E-state index contributed by atoms with van der Waals surface area (Å²) in [5.41, 5.74) is 5.13. The van der Waals surface area contributed by atoms with E-state index in [0.29, 0.717) is 10.6 Å². The van der Waals surface area contributed by atoms with E-state index < -0.39 is 32.5 Å². The minimum Gasteiger partial charge on any atom is -0.465 e. The SMILES string of the molecule is CCOC(=O)[C@]1(N)[C@H](c2cccc(Cl)c2)[C@H]1S(C)(=O)=O. The Morgan fingerprint density at radius 3 is 2.65 bits per heavy atom. The van der Waals surface area contributed by atoms with E-state index in [1.807, 2.05) is 0 Å². The van der Waals surface area contributed by atoms with Gasteiger partial charge in [-0.05, 0) is 24.6 Å². The van der Waals surface area contributed by atoms with E-state index in [0.717, 1.165) is 6.26 Å². The van der Waals surface area contributed by atoms with Crippen molar-refractivity contribution in [3.63, 3.8) is 0 Å². The first-order chi connectivity index (χ1) is 9.22. The highest BCUT2D eigenvalue weighted by molar-refractivity contribution is 7.91. The highest BCUT2D eigenvalue weighted by Gasteiger charge is 2.73. The zero-order valence-corrected chi connectivity index (χ0v) is 12.7. The van der Waals surface area contributed by atoms with Crippen molar-refractivity contribution in [1.82, 2.24) is 0 Å². The fraction of sp³-hybridized carbons (Fsp3) is 0.462. The molecule has 1 fully saturated rings. The van der Waals surface area contributed by atoms with Crippen molar-refractivity contribution in [2.45, 2.75) is 23.6 Å². The van der Waals surface area contributed by atoms with Crippen molar-refractivity contribution in [2.75, 3.05) is 12.9 Å². The summed E-state index contributed by atoms with van der Waals surface area (Å²) in [5, 5.41) is -0.514. The quantitative estimate of drug-likeness (QED) is 0.841. The molecule has 0 aromatic heterocycles. The molecular weight excluding hydrogens is 302 g/mol. The van der Waals surface area contributed by atoms with Gasteiger partial charge < -0.3 is 10.5 Å². The minimum atomic E-state index is -3.48. The van der Waals surface area contributed by atoms with Gasteiger partial charge >= 0.3 is 5.97 Å². The molecule has 0 aliphatic heterocycles. The van der Waals surface area contributed by atoms with Gasteiger partial charge in [-0.2, -0.15) is 0 Å². The van der Waals surface area contributed by atoms with Crippen molar-refractivity contribution >= 4 is 27.4 Å². The van der Waals surface area contributed by atoms with Crippen molar-refractivity contribution < 1.29 is 17.9 Å². The number of carbonyl (C=O) groups is 1. The number of halogens is 1. The number of sulfone groups is 1. The third-order valence-corrected chi connectivity index (χ3v) is 5.30. The van der Waals surface area contributed by atoms with Gasteiger partial charge in [-0.15, -0.1) is 0 Å². The second kappa shape index (κ2) is 5.02. The number of benzene rings is 1. The van der Waals surface area contributed by atoms with Crippen LogP contribution in [0.5, 0.6) is 0 Å². The molecular formula is C13H16ClNO4S. The highest BCUT2D eigenvalue weighted by Crippen LogP contribution is 2.54. The molecule has 5 nitrogen and oxygen atoms in total. The number of ether oxygens (including phenoxy) is 1. The molecule has 1 aromatic carbocycles. The number of carbonyl (C=O) groups excluding carboxylic acids is 1. The Bertz CT molecular complexity index is 646. The topological polar surface area (TPSA) is 86.5 Å². The van der Waals surface area contributed by atoms with Crippen LogP contribution in [-0.2, 0) is 19.4 Å². The van der Waals surface area contributed by atoms with Gasteiger partial charge in [0, 0.05) is 17.2 Å². The summed E-state index contributed by atoms with van der Waals surface area (Å²) in [6, 6.07) is 6.70. The molecule has 1 aromatic rings. The number of hydrogen-bond acceptors (Lipinski definition) is 5. The maximum absolute atomic E-state index is 12.0. The Morgan fingerprint density at radius 2 is 2.15 bits per heavy atom. The average molecular weight is 318 g/mol. The second-order valence-corrected chi connectivity index (χ2v) is 7.54. The smallest absolute Gasteiger partial charge is 0.328 e. The van der Waals surface area contributed by atoms with Crippen LogP contribution < -0.4 is 5.73 Å². The molecule has 1 saturated carbocycles. The van der Waals surface area contributed by atoms with Gasteiger partial charge in [0.25, 0.3) is 0 Å². The lowest BCUT2D eigenvalue weighted by Gasteiger charge is -2.10. The van der Waals surface area contributed by atoms with E-state index >= 15 is 0 Å². The van der Waals surface area contributed by atoms with Crippen molar-refractivity contribution in [1.29, 1.82) is 0 Å². The van der Waals surface area contributed by atoms with Crippen LogP contribution >= 0.6 is 11.6 Å². The molecule has 0 unspecified atom stereocenters. The van der Waals surface area contributed by atoms with Crippen LogP contribution in [0, 0.1) is 0 Å². The van der Waals surface area contributed by atoms with Gasteiger partial charge in [-0.1, -0.05) is 23.7 Å². The maximum atomic E-state index is 12.0. The highest BCUT2D eigenvalue weighted by atomic mass is 35.5. The zero-order chi connectivity index (χ0) is 15.1. The van der Waals surface area contributed by atoms with Crippen molar-refractivity contribution in [3.05, 3.63) is 34.9 Å².